The maximum atomic E-state index is 8.40. The average molecular weight is 146 g/mol. The third-order valence-electron chi connectivity index (χ3n) is 1.12. The topological polar surface area (TPSA) is 40.5 Å². The van der Waals surface area contributed by atoms with E-state index in [1.54, 1.807) is 12.1 Å². The van der Waals surface area contributed by atoms with Crippen molar-refractivity contribution in [3.63, 3.8) is 0 Å². The molecular weight excluding hydrogens is 139 g/mol. The maximum absolute atomic E-state index is 8.40. The van der Waals surface area contributed by atoms with Crippen LogP contribution >= 0.6 is 0 Å². The summed E-state index contributed by atoms with van der Waals surface area (Å²) in [6.45, 7) is 0. The van der Waals surface area contributed by atoms with Gasteiger partial charge in [0.15, 0.2) is 0 Å². The first kappa shape index (κ1) is 7.87. The van der Waals surface area contributed by atoms with Crippen molar-refractivity contribution in [2.45, 2.75) is 0 Å². The third-order valence-corrected chi connectivity index (χ3v) is 1.12. The highest BCUT2D eigenvalue weighted by Gasteiger charge is 1.97. The molecule has 0 fully saturated rings. The highest BCUT2D eigenvalue weighted by atomic mass is 16.4. The van der Waals surface area contributed by atoms with E-state index in [2.05, 4.69) is 11.7 Å². The molecule has 54 valence electrons. The number of hydrogen-bond acceptors (Lipinski definition) is 2. The third kappa shape index (κ3) is 2.90. The van der Waals surface area contributed by atoms with E-state index in [4.69, 9.17) is 10.0 Å². The molecule has 0 aliphatic rings. The summed E-state index contributed by atoms with van der Waals surface area (Å²) in [6.07, 6.45) is 0. The van der Waals surface area contributed by atoms with Gasteiger partial charge in [0.25, 0.3) is 0 Å². The quantitative estimate of drug-likeness (QED) is 0.401. The molecule has 0 unspecified atom stereocenters. The van der Waals surface area contributed by atoms with Crippen LogP contribution in [0.25, 0.3) is 0 Å². The fraction of sp³-hybridized carbons (Fsp3) is 0. The lowest BCUT2D eigenvalue weighted by Crippen LogP contribution is -2.06. The summed E-state index contributed by atoms with van der Waals surface area (Å²) in [4.78, 5) is 0. The zero-order chi connectivity index (χ0) is 8.10. The Labute approximate surface area is 65.6 Å². The molecule has 0 aromatic heterocycles. The van der Waals surface area contributed by atoms with E-state index in [1.165, 1.54) is 0 Å². The molecule has 0 heterocycles. The van der Waals surface area contributed by atoms with Crippen LogP contribution in [0.3, 0.4) is 0 Å². The van der Waals surface area contributed by atoms with Crippen LogP contribution in [0.1, 0.15) is 5.56 Å². The zero-order valence-electron chi connectivity index (χ0n) is 5.86. The Bertz CT molecular complexity index is 271. The lowest BCUT2D eigenvalue weighted by Gasteiger charge is -1.85. The molecule has 1 aromatic rings. The smallest absolute Gasteiger partial charge is 0.416 e. The van der Waals surface area contributed by atoms with Gasteiger partial charge in [0.2, 0.25) is 0 Å². The normalized spacial score (nSPS) is 8.18. The fourth-order valence-corrected chi connectivity index (χ4v) is 0.669. The molecular formula is C8H7BO2. The molecule has 0 spiro atoms. The summed E-state index contributed by atoms with van der Waals surface area (Å²) >= 11 is 0. The van der Waals surface area contributed by atoms with E-state index in [0.717, 1.165) is 5.56 Å². The first-order valence-corrected chi connectivity index (χ1v) is 3.22. The second kappa shape index (κ2) is 3.82. The maximum Gasteiger partial charge on any atom is 0.545 e. The van der Waals surface area contributed by atoms with Crippen LogP contribution in [0.4, 0.5) is 0 Å². The van der Waals surface area contributed by atoms with Gasteiger partial charge in [0, 0.05) is 5.56 Å². The molecule has 0 amide bonds. The highest BCUT2D eigenvalue weighted by molar-refractivity contribution is 6.51. The molecule has 2 nitrogen and oxygen atoms in total. The SMILES string of the molecule is OB(O)C#Cc1ccccc1. The minimum atomic E-state index is -1.55. The van der Waals surface area contributed by atoms with Crippen molar-refractivity contribution in [1.82, 2.24) is 0 Å². The molecule has 0 saturated carbocycles. The summed E-state index contributed by atoms with van der Waals surface area (Å²) in [5.74, 6) is 4.82. The Morgan fingerprint density at radius 3 is 2.27 bits per heavy atom. The summed E-state index contributed by atoms with van der Waals surface area (Å²) in [6, 6.07) is 9.16. The molecule has 0 aliphatic carbocycles. The van der Waals surface area contributed by atoms with Crippen molar-refractivity contribution < 1.29 is 10.0 Å². The molecule has 2 N–H and O–H groups in total. The Hall–Kier alpha value is -1.24. The molecule has 1 aromatic carbocycles. The Kier molecular flexibility index (Phi) is 2.73. The van der Waals surface area contributed by atoms with E-state index >= 15 is 0 Å². The molecule has 0 aliphatic heterocycles. The molecule has 0 radical (unpaired) electrons. The average Bonchev–Trinajstić information content (AvgIpc) is 2.03. The molecule has 1 rings (SSSR count). The summed E-state index contributed by atoms with van der Waals surface area (Å²) in [7, 11) is -1.55. The highest BCUT2D eigenvalue weighted by Crippen LogP contribution is 1.94. The molecule has 0 atom stereocenters. The van der Waals surface area contributed by atoms with E-state index in [9.17, 15) is 0 Å². The first-order valence-electron chi connectivity index (χ1n) is 3.22. The van der Waals surface area contributed by atoms with Gasteiger partial charge in [0.05, 0.1) is 0 Å². The largest absolute Gasteiger partial charge is 0.545 e. The van der Waals surface area contributed by atoms with Crippen LogP contribution in [0, 0.1) is 11.7 Å². The van der Waals surface area contributed by atoms with Crippen LogP contribution in [0.5, 0.6) is 0 Å². The van der Waals surface area contributed by atoms with E-state index in [-0.39, 0.29) is 0 Å². The van der Waals surface area contributed by atoms with E-state index in [1.807, 2.05) is 18.2 Å². The zero-order valence-corrected chi connectivity index (χ0v) is 5.86. The standard InChI is InChI=1S/C8H7BO2/c10-9(11)7-6-8-4-2-1-3-5-8/h1-5,10-11H. The van der Waals surface area contributed by atoms with Gasteiger partial charge in [-0.05, 0) is 12.1 Å². The second-order valence-corrected chi connectivity index (χ2v) is 2.01. The first-order chi connectivity index (χ1) is 5.29. The van der Waals surface area contributed by atoms with Gasteiger partial charge in [-0.2, -0.15) is 0 Å². The van der Waals surface area contributed by atoms with Gasteiger partial charge in [-0.25, -0.2) is 0 Å². The van der Waals surface area contributed by atoms with Crippen molar-refractivity contribution >= 4 is 7.12 Å². The number of rotatable bonds is 0. The van der Waals surface area contributed by atoms with Gasteiger partial charge < -0.3 is 10.0 Å². The lowest BCUT2D eigenvalue weighted by molar-refractivity contribution is 0.427. The van der Waals surface area contributed by atoms with Gasteiger partial charge >= 0.3 is 7.12 Å². The van der Waals surface area contributed by atoms with Gasteiger partial charge in [-0.1, -0.05) is 29.9 Å². The Morgan fingerprint density at radius 1 is 1.09 bits per heavy atom. The minimum absolute atomic E-state index is 0.778. The van der Waals surface area contributed by atoms with E-state index in [0.29, 0.717) is 0 Å². The van der Waals surface area contributed by atoms with Gasteiger partial charge in [0.1, 0.15) is 0 Å². The van der Waals surface area contributed by atoms with Gasteiger partial charge in [-0.3, -0.25) is 0 Å². The predicted octanol–water partition coefficient (Wildman–Crippen LogP) is 0.0501. The van der Waals surface area contributed by atoms with Crippen LogP contribution in [0.2, 0.25) is 0 Å². The Balaban J connectivity index is 2.75. The fourth-order valence-electron chi connectivity index (χ4n) is 0.669. The van der Waals surface area contributed by atoms with Crippen LogP contribution in [-0.2, 0) is 0 Å². The predicted molar refractivity (Wildman–Crippen MR) is 43.5 cm³/mol. The molecule has 3 heteroatoms. The summed E-state index contributed by atoms with van der Waals surface area (Å²) in [5, 5.41) is 16.8. The molecule has 0 bridgehead atoms. The number of hydrogen-bond donors (Lipinski definition) is 2. The molecule has 0 saturated heterocycles. The Morgan fingerprint density at radius 2 is 1.73 bits per heavy atom. The number of benzene rings is 1. The van der Waals surface area contributed by atoms with Crippen molar-refractivity contribution in [2.75, 3.05) is 0 Å². The van der Waals surface area contributed by atoms with Crippen LogP contribution < -0.4 is 0 Å². The van der Waals surface area contributed by atoms with Crippen molar-refractivity contribution in [2.24, 2.45) is 0 Å². The van der Waals surface area contributed by atoms with Crippen molar-refractivity contribution in [1.29, 1.82) is 0 Å². The van der Waals surface area contributed by atoms with Crippen molar-refractivity contribution in [3.8, 4) is 11.7 Å². The second-order valence-electron chi connectivity index (χ2n) is 2.01. The van der Waals surface area contributed by atoms with Crippen LogP contribution in [0.15, 0.2) is 30.3 Å². The monoisotopic (exact) mass is 146 g/mol. The summed E-state index contributed by atoms with van der Waals surface area (Å²) in [5.41, 5.74) is 0.778. The van der Waals surface area contributed by atoms with Gasteiger partial charge in [-0.15, -0.1) is 0 Å². The minimum Gasteiger partial charge on any atom is -0.416 e. The molecule has 11 heavy (non-hydrogen) atoms. The van der Waals surface area contributed by atoms with Crippen LogP contribution in [-0.4, -0.2) is 17.2 Å². The van der Waals surface area contributed by atoms with Crippen molar-refractivity contribution in [3.05, 3.63) is 35.9 Å². The lowest BCUT2D eigenvalue weighted by atomic mass is 9.93. The summed E-state index contributed by atoms with van der Waals surface area (Å²) < 4.78 is 0. The van der Waals surface area contributed by atoms with E-state index < -0.39 is 7.12 Å².